The standard InChI is InChI=1S/C13H19NO5/c1-9(13(16)18-3)14-10-4-5-11(17-2)12(8-10)19-7-6-15/h4-5,8-9,14-15H,6-7H2,1-3H3. The Labute approximate surface area is 112 Å². The molecule has 1 aromatic rings. The van der Waals surface area contributed by atoms with Gasteiger partial charge in [-0.2, -0.15) is 0 Å². The lowest BCUT2D eigenvalue weighted by Crippen LogP contribution is -2.27. The Kier molecular flexibility index (Phi) is 5.95. The Bertz CT molecular complexity index is 421. The van der Waals surface area contributed by atoms with Crippen LogP contribution < -0.4 is 14.8 Å². The van der Waals surface area contributed by atoms with Gasteiger partial charge in [0.25, 0.3) is 0 Å². The number of esters is 1. The van der Waals surface area contributed by atoms with Gasteiger partial charge in [-0.05, 0) is 19.1 Å². The van der Waals surface area contributed by atoms with Gasteiger partial charge in [0.1, 0.15) is 12.6 Å². The first-order valence-corrected chi connectivity index (χ1v) is 5.88. The van der Waals surface area contributed by atoms with E-state index in [4.69, 9.17) is 14.6 Å². The van der Waals surface area contributed by atoms with Crippen molar-refractivity contribution < 1.29 is 24.1 Å². The van der Waals surface area contributed by atoms with Crippen LogP contribution in [0.1, 0.15) is 6.92 Å². The van der Waals surface area contributed by atoms with Crippen LogP contribution in [0.15, 0.2) is 18.2 Å². The van der Waals surface area contributed by atoms with Crippen molar-refractivity contribution in [2.24, 2.45) is 0 Å². The Morgan fingerprint density at radius 1 is 1.37 bits per heavy atom. The van der Waals surface area contributed by atoms with Crippen LogP contribution in [0.3, 0.4) is 0 Å². The second-order valence-electron chi connectivity index (χ2n) is 3.83. The normalized spacial score (nSPS) is 11.6. The zero-order valence-corrected chi connectivity index (χ0v) is 11.3. The Morgan fingerprint density at radius 2 is 2.11 bits per heavy atom. The first-order chi connectivity index (χ1) is 9.12. The molecular formula is C13H19NO5. The van der Waals surface area contributed by atoms with Gasteiger partial charge < -0.3 is 24.6 Å². The number of methoxy groups -OCH3 is 2. The van der Waals surface area contributed by atoms with E-state index in [-0.39, 0.29) is 19.2 Å². The fourth-order valence-electron chi connectivity index (χ4n) is 1.52. The maximum atomic E-state index is 11.3. The molecule has 1 aromatic carbocycles. The van der Waals surface area contributed by atoms with E-state index in [1.807, 2.05) is 0 Å². The molecule has 0 spiro atoms. The molecule has 0 aromatic heterocycles. The number of hydrogen-bond acceptors (Lipinski definition) is 6. The Hall–Kier alpha value is -1.95. The average Bonchev–Trinajstić information content (AvgIpc) is 2.44. The summed E-state index contributed by atoms with van der Waals surface area (Å²) in [7, 11) is 2.87. The van der Waals surface area contributed by atoms with Crippen molar-refractivity contribution in [2.45, 2.75) is 13.0 Å². The molecule has 0 saturated carbocycles. The molecule has 0 aliphatic heterocycles. The lowest BCUT2D eigenvalue weighted by atomic mass is 10.2. The highest BCUT2D eigenvalue weighted by Crippen LogP contribution is 2.30. The van der Waals surface area contributed by atoms with Crippen molar-refractivity contribution in [1.82, 2.24) is 0 Å². The number of carbonyl (C=O) groups is 1. The Balaban J connectivity index is 2.82. The molecule has 2 N–H and O–H groups in total. The summed E-state index contributed by atoms with van der Waals surface area (Å²) >= 11 is 0. The van der Waals surface area contributed by atoms with Crippen LogP contribution in [-0.4, -0.2) is 44.6 Å². The summed E-state index contributed by atoms with van der Waals surface area (Å²) in [5.41, 5.74) is 0.701. The summed E-state index contributed by atoms with van der Waals surface area (Å²) in [6.45, 7) is 1.79. The molecule has 0 fully saturated rings. The first kappa shape index (κ1) is 15.1. The number of benzene rings is 1. The van der Waals surface area contributed by atoms with E-state index in [1.54, 1.807) is 25.1 Å². The van der Waals surface area contributed by atoms with E-state index in [0.717, 1.165) is 0 Å². The van der Waals surface area contributed by atoms with Gasteiger partial charge in [0.05, 0.1) is 20.8 Å². The maximum absolute atomic E-state index is 11.3. The molecular weight excluding hydrogens is 250 g/mol. The first-order valence-electron chi connectivity index (χ1n) is 5.88. The molecule has 1 unspecified atom stereocenters. The molecule has 0 heterocycles. The van der Waals surface area contributed by atoms with Crippen molar-refractivity contribution >= 4 is 11.7 Å². The van der Waals surface area contributed by atoms with Crippen LogP contribution in [0.2, 0.25) is 0 Å². The smallest absolute Gasteiger partial charge is 0.327 e. The van der Waals surface area contributed by atoms with Crippen molar-refractivity contribution in [3.8, 4) is 11.5 Å². The zero-order chi connectivity index (χ0) is 14.3. The van der Waals surface area contributed by atoms with E-state index in [0.29, 0.717) is 17.2 Å². The van der Waals surface area contributed by atoms with Gasteiger partial charge in [0.15, 0.2) is 11.5 Å². The fourth-order valence-corrected chi connectivity index (χ4v) is 1.52. The number of aliphatic hydroxyl groups excluding tert-OH is 1. The number of rotatable bonds is 7. The van der Waals surface area contributed by atoms with E-state index in [1.165, 1.54) is 14.2 Å². The third-order valence-electron chi connectivity index (χ3n) is 2.45. The van der Waals surface area contributed by atoms with E-state index in [9.17, 15) is 4.79 Å². The third kappa shape index (κ3) is 4.33. The van der Waals surface area contributed by atoms with Crippen LogP contribution in [0.4, 0.5) is 5.69 Å². The Morgan fingerprint density at radius 3 is 2.68 bits per heavy atom. The molecule has 0 aliphatic rings. The third-order valence-corrected chi connectivity index (χ3v) is 2.45. The van der Waals surface area contributed by atoms with Crippen LogP contribution >= 0.6 is 0 Å². The predicted octanol–water partition coefficient (Wildman–Crippen LogP) is 1.04. The molecule has 0 aliphatic carbocycles. The zero-order valence-electron chi connectivity index (χ0n) is 11.3. The number of ether oxygens (including phenoxy) is 3. The summed E-state index contributed by atoms with van der Waals surface area (Å²) in [5, 5.41) is 11.8. The number of nitrogens with one attached hydrogen (secondary N) is 1. The summed E-state index contributed by atoms with van der Waals surface area (Å²) < 4.78 is 15.1. The molecule has 0 saturated heterocycles. The van der Waals surface area contributed by atoms with Gasteiger partial charge in [-0.15, -0.1) is 0 Å². The summed E-state index contributed by atoms with van der Waals surface area (Å²) in [5.74, 6) is 0.706. The van der Waals surface area contributed by atoms with Crippen LogP contribution in [0.5, 0.6) is 11.5 Å². The fraction of sp³-hybridized carbons (Fsp3) is 0.462. The SMILES string of the molecule is COC(=O)C(C)Nc1ccc(OC)c(OCCO)c1. The largest absolute Gasteiger partial charge is 0.493 e. The molecule has 1 atom stereocenters. The summed E-state index contributed by atoms with van der Waals surface area (Å²) in [4.78, 5) is 11.3. The van der Waals surface area contributed by atoms with Crippen molar-refractivity contribution in [3.05, 3.63) is 18.2 Å². The van der Waals surface area contributed by atoms with Gasteiger partial charge in [0.2, 0.25) is 0 Å². The highest BCUT2D eigenvalue weighted by Gasteiger charge is 2.13. The van der Waals surface area contributed by atoms with E-state index in [2.05, 4.69) is 10.1 Å². The van der Waals surface area contributed by atoms with Gasteiger partial charge >= 0.3 is 5.97 Å². The van der Waals surface area contributed by atoms with Gasteiger partial charge in [-0.1, -0.05) is 0 Å². The molecule has 0 bridgehead atoms. The second-order valence-corrected chi connectivity index (χ2v) is 3.83. The molecule has 1 rings (SSSR count). The predicted molar refractivity (Wildman–Crippen MR) is 70.7 cm³/mol. The van der Waals surface area contributed by atoms with Gasteiger partial charge in [-0.25, -0.2) is 4.79 Å². The average molecular weight is 269 g/mol. The topological polar surface area (TPSA) is 77.0 Å². The number of hydrogen-bond donors (Lipinski definition) is 2. The minimum absolute atomic E-state index is 0.0840. The molecule has 106 valence electrons. The highest BCUT2D eigenvalue weighted by molar-refractivity contribution is 5.78. The van der Waals surface area contributed by atoms with Crippen molar-refractivity contribution in [1.29, 1.82) is 0 Å². The summed E-state index contributed by atoms with van der Waals surface area (Å²) in [6, 6.07) is 4.72. The molecule has 0 amide bonds. The quantitative estimate of drug-likeness (QED) is 0.720. The molecule has 19 heavy (non-hydrogen) atoms. The number of carbonyl (C=O) groups excluding carboxylic acids is 1. The van der Waals surface area contributed by atoms with Gasteiger partial charge in [0, 0.05) is 11.8 Å². The number of anilines is 1. The molecule has 6 nitrogen and oxygen atoms in total. The van der Waals surface area contributed by atoms with Gasteiger partial charge in [-0.3, -0.25) is 0 Å². The molecule has 6 heteroatoms. The maximum Gasteiger partial charge on any atom is 0.327 e. The second kappa shape index (κ2) is 7.48. The van der Waals surface area contributed by atoms with Crippen molar-refractivity contribution in [2.75, 3.05) is 32.8 Å². The van der Waals surface area contributed by atoms with Crippen LogP contribution in [0, 0.1) is 0 Å². The minimum Gasteiger partial charge on any atom is -0.493 e. The molecule has 0 radical (unpaired) electrons. The van der Waals surface area contributed by atoms with E-state index >= 15 is 0 Å². The van der Waals surface area contributed by atoms with Crippen molar-refractivity contribution in [3.63, 3.8) is 0 Å². The minimum atomic E-state index is -0.468. The van der Waals surface area contributed by atoms with Crippen LogP contribution in [-0.2, 0) is 9.53 Å². The van der Waals surface area contributed by atoms with Crippen LogP contribution in [0.25, 0.3) is 0 Å². The lowest BCUT2D eigenvalue weighted by Gasteiger charge is -2.15. The monoisotopic (exact) mass is 269 g/mol. The van der Waals surface area contributed by atoms with E-state index < -0.39 is 6.04 Å². The lowest BCUT2D eigenvalue weighted by molar-refractivity contribution is -0.141. The highest BCUT2D eigenvalue weighted by atomic mass is 16.5. The summed E-state index contributed by atoms with van der Waals surface area (Å²) in [6.07, 6.45) is 0. The number of aliphatic hydroxyl groups is 1.